The first-order valence-electron chi connectivity index (χ1n) is 1.61. The monoisotopic (exact) mass is 217 g/mol. The van der Waals surface area contributed by atoms with E-state index in [2.05, 4.69) is 0 Å². The molecule has 0 atom stereocenters. The van der Waals surface area contributed by atoms with Gasteiger partial charge in [0.1, 0.15) is 0 Å². The molecular weight excluding hydrogens is 211 g/mol. The molecule has 0 bridgehead atoms. The van der Waals surface area contributed by atoms with Crippen molar-refractivity contribution in [2.24, 2.45) is 0 Å². The van der Waals surface area contributed by atoms with Gasteiger partial charge in [-0.05, 0) is 0 Å². The van der Waals surface area contributed by atoms with Crippen LogP contribution in [0.3, 0.4) is 0 Å². The maximum atomic E-state index is 9.74. The fourth-order valence-electron chi connectivity index (χ4n) is 0.170. The Bertz CT molecular complexity index is 161. The third kappa shape index (κ3) is 12.6. The summed E-state index contributed by atoms with van der Waals surface area (Å²) in [5, 5.41) is 0. The standard InChI is InChI=1S/K.H5NO6P2.H/c;2-8(3,4)1-9(5,6)7;/h;(H5,1,2,3,4,5,6,7);/q+1;;-1. The molecule has 0 aromatic heterocycles. The molecule has 0 unspecified atom stereocenters. The maximum absolute atomic E-state index is 9.74. The third-order valence-electron chi connectivity index (χ3n) is 0.261. The van der Waals surface area contributed by atoms with Crippen LogP contribution in [-0.2, 0) is 9.13 Å². The Kier molecular flexibility index (Phi) is 6.94. The minimum absolute atomic E-state index is 0. The van der Waals surface area contributed by atoms with E-state index in [0.29, 0.717) is 0 Å². The average Bonchev–Trinajstić information content (AvgIpc) is 1.14. The SMILES string of the molecule is O=P(O)(O)NP(=O)(O)O.[H-].[K+]. The minimum Gasteiger partial charge on any atom is -1.00 e. The number of hydrogen-bond acceptors (Lipinski definition) is 2. The molecule has 0 amide bonds. The van der Waals surface area contributed by atoms with Crippen molar-refractivity contribution >= 4 is 15.5 Å². The molecule has 0 rings (SSSR count). The van der Waals surface area contributed by atoms with Crippen LogP contribution in [0.25, 0.3) is 0 Å². The predicted molar refractivity (Wildman–Crippen MR) is 28.3 cm³/mol. The van der Waals surface area contributed by atoms with Gasteiger partial charge in [0.2, 0.25) is 0 Å². The van der Waals surface area contributed by atoms with E-state index in [1.807, 2.05) is 0 Å². The summed E-state index contributed by atoms with van der Waals surface area (Å²) < 4.78 is 19.5. The molecule has 0 saturated carbocycles. The van der Waals surface area contributed by atoms with Crippen molar-refractivity contribution < 1.29 is 81.5 Å². The second-order valence-electron chi connectivity index (χ2n) is 1.19. The molecule has 0 spiro atoms. The van der Waals surface area contributed by atoms with Crippen LogP contribution in [0, 0.1) is 0 Å². The maximum Gasteiger partial charge on any atom is 1.00 e. The Balaban J connectivity index is -0.000000320. The van der Waals surface area contributed by atoms with E-state index in [0.717, 1.165) is 4.86 Å². The number of nitrogens with one attached hydrogen (secondary N) is 1. The molecular formula is H6KNO6P2. The summed E-state index contributed by atoms with van der Waals surface area (Å²) in [4.78, 5) is 32.2. The van der Waals surface area contributed by atoms with Gasteiger partial charge in [-0.3, -0.25) is 0 Å². The Labute approximate surface area is 101 Å². The van der Waals surface area contributed by atoms with Crippen LogP contribution in [-0.4, -0.2) is 19.6 Å². The zero-order valence-electron chi connectivity index (χ0n) is 6.00. The van der Waals surface area contributed by atoms with Crippen LogP contribution in [0.5, 0.6) is 0 Å². The second kappa shape index (κ2) is 4.81. The molecule has 0 aromatic rings. The summed E-state index contributed by atoms with van der Waals surface area (Å²) in [6, 6.07) is 0. The van der Waals surface area contributed by atoms with Crippen LogP contribution in [0.1, 0.15) is 1.43 Å². The Morgan fingerprint density at radius 3 is 1.20 bits per heavy atom. The molecule has 0 radical (unpaired) electrons. The smallest absolute Gasteiger partial charge is 1.00 e. The summed E-state index contributed by atoms with van der Waals surface area (Å²) >= 11 is 0. The van der Waals surface area contributed by atoms with Crippen molar-refractivity contribution in [1.82, 2.24) is 4.86 Å². The molecule has 7 nitrogen and oxygen atoms in total. The van der Waals surface area contributed by atoms with Gasteiger partial charge >= 0.3 is 66.9 Å². The normalized spacial score (nSPS) is 12.4. The summed E-state index contributed by atoms with van der Waals surface area (Å²) in [6.07, 6.45) is 0. The average molecular weight is 217 g/mol. The third-order valence-corrected chi connectivity index (χ3v) is 2.34. The molecule has 0 fully saturated rings. The largest absolute Gasteiger partial charge is 1.00 e. The van der Waals surface area contributed by atoms with Crippen molar-refractivity contribution in [3.63, 3.8) is 0 Å². The summed E-state index contributed by atoms with van der Waals surface area (Å²) in [5.41, 5.74) is 0. The fraction of sp³-hybridized carbons (Fsp3) is 0. The van der Waals surface area contributed by atoms with Crippen LogP contribution < -0.4 is 56.2 Å². The van der Waals surface area contributed by atoms with E-state index in [4.69, 9.17) is 19.6 Å². The molecule has 0 aliphatic rings. The van der Waals surface area contributed by atoms with Crippen molar-refractivity contribution in [3.8, 4) is 0 Å². The molecule has 0 heterocycles. The van der Waals surface area contributed by atoms with Gasteiger partial charge in [-0.25, -0.2) is 9.13 Å². The van der Waals surface area contributed by atoms with Gasteiger partial charge in [0.05, 0.1) is 0 Å². The Morgan fingerprint density at radius 2 is 1.20 bits per heavy atom. The van der Waals surface area contributed by atoms with Crippen molar-refractivity contribution in [1.29, 1.82) is 0 Å². The van der Waals surface area contributed by atoms with E-state index in [1.165, 1.54) is 0 Å². The zero-order chi connectivity index (χ0) is 7.71. The van der Waals surface area contributed by atoms with Gasteiger partial charge in [0.15, 0.2) is 0 Å². The van der Waals surface area contributed by atoms with E-state index in [9.17, 15) is 9.13 Å². The first-order valence-corrected chi connectivity index (χ1v) is 4.84. The summed E-state index contributed by atoms with van der Waals surface area (Å²) in [5.74, 6) is 0. The van der Waals surface area contributed by atoms with Gasteiger partial charge in [-0.1, -0.05) is 0 Å². The van der Waals surface area contributed by atoms with E-state index < -0.39 is 15.5 Å². The van der Waals surface area contributed by atoms with Gasteiger partial charge in [-0.15, -0.1) is 4.86 Å². The van der Waals surface area contributed by atoms with Gasteiger partial charge in [0, 0.05) is 0 Å². The van der Waals surface area contributed by atoms with Gasteiger partial charge < -0.3 is 21.0 Å². The van der Waals surface area contributed by atoms with Gasteiger partial charge in [-0.2, -0.15) is 0 Å². The molecule has 58 valence electrons. The second-order valence-corrected chi connectivity index (χ2v) is 4.16. The molecule has 0 aliphatic carbocycles. The first-order chi connectivity index (χ1) is 3.71. The summed E-state index contributed by atoms with van der Waals surface area (Å²) in [7, 11) is -9.60. The summed E-state index contributed by atoms with van der Waals surface area (Å²) in [6.45, 7) is 0. The van der Waals surface area contributed by atoms with Crippen molar-refractivity contribution in [3.05, 3.63) is 0 Å². The number of hydrogen-bond donors (Lipinski definition) is 5. The number of rotatable bonds is 2. The van der Waals surface area contributed by atoms with Gasteiger partial charge in [0.25, 0.3) is 0 Å². The van der Waals surface area contributed by atoms with Crippen LogP contribution in [0.2, 0.25) is 0 Å². The fourth-order valence-corrected chi connectivity index (χ4v) is 1.53. The topological polar surface area (TPSA) is 127 Å². The van der Waals surface area contributed by atoms with E-state index in [-0.39, 0.29) is 52.8 Å². The van der Waals surface area contributed by atoms with Crippen molar-refractivity contribution in [2.75, 3.05) is 0 Å². The Morgan fingerprint density at radius 1 is 1.00 bits per heavy atom. The van der Waals surface area contributed by atoms with Crippen LogP contribution in [0.15, 0.2) is 0 Å². The predicted octanol–water partition coefficient (Wildman–Crippen LogP) is -4.12. The molecule has 10 heavy (non-hydrogen) atoms. The van der Waals surface area contributed by atoms with Crippen LogP contribution >= 0.6 is 15.5 Å². The molecule has 0 aliphatic heterocycles. The van der Waals surface area contributed by atoms with E-state index in [1.54, 1.807) is 0 Å². The molecule has 5 N–H and O–H groups in total. The first kappa shape index (κ1) is 14.4. The molecule has 10 heteroatoms. The Hall–Kier alpha value is 1.90. The van der Waals surface area contributed by atoms with E-state index >= 15 is 0 Å². The molecule has 0 saturated heterocycles. The minimum atomic E-state index is -4.80. The molecule has 0 aromatic carbocycles. The van der Waals surface area contributed by atoms with Crippen LogP contribution in [0.4, 0.5) is 0 Å². The van der Waals surface area contributed by atoms with Crippen molar-refractivity contribution in [2.45, 2.75) is 0 Å². The quantitative estimate of drug-likeness (QED) is 0.235. The zero-order valence-corrected chi connectivity index (χ0v) is 9.91.